The lowest BCUT2D eigenvalue weighted by molar-refractivity contribution is 0.0979. The van der Waals surface area contributed by atoms with Gasteiger partial charge in [-0.1, -0.05) is 49.6 Å². The summed E-state index contributed by atoms with van der Waals surface area (Å²) in [6.07, 6.45) is 1.55. The summed E-state index contributed by atoms with van der Waals surface area (Å²) in [4.78, 5) is 27.6. The molecule has 4 nitrogen and oxygen atoms in total. The number of fused-ring (bicyclic) bond motifs is 2. The number of allylic oxidation sites excluding steroid dienone is 1. The number of nitrogens with zero attached hydrogens (tertiary/aromatic N) is 1. The van der Waals surface area contributed by atoms with Gasteiger partial charge in [0.05, 0.1) is 12.1 Å². The zero-order valence-corrected chi connectivity index (χ0v) is 14.1. The van der Waals surface area contributed by atoms with Crippen molar-refractivity contribution < 1.29 is 14.3 Å². The van der Waals surface area contributed by atoms with Crippen LogP contribution in [0.5, 0.6) is 0 Å². The molecular formula is C21H19NO3. The lowest BCUT2D eigenvalue weighted by Gasteiger charge is -2.26. The average Bonchev–Trinajstić information content (AvgIpc) is 2.65. The minimum absolute atomic E-state index is 0.114. The lowest BCUT2D eigenvalue weighted by atomic mass is 9.83. The van der Waals surface area contributed by atoms with Gasteiger partial charge in [-0.3, -0.25) is 9.59 Å². The summed E-state index contributed by atoms with van der Waals surface area (Å²) in [5.74, 6) is 0.268. The van der Waals surface area contributed by atoms with Gasteiger partial charge in [0.1, 0.15) is 12.4 Å². The molecule has 1 aliphatic rings. The van der Waals surface area contributed by atoms with Crippen LogP contribution < -0.4 is 4.90 Å². The van der Waals surface area contributed by atoms with Crippen molar-refractivity contribution in [3.8, 4) is 0 Å². The van der Waals surface area contributed by atoms with Crippen molar-refractivity contribution in [3.05, 3.63) is 89.7 Å². The van der Waals surface area contributed by atoms with Gasteiger partial charge in [-0.05, 0) is 12.1 Å². The Balaban J connectivity index is 1.94. The molecule has 0 heterocycles. The van der Waals surface area contributed by atoms with E-state index in [2.05, 4.69) is 13.2 Å². The molecular weight excluding hydrogens is 314 g/mol. The van der Waals surface area contributed by atoms with Crippen LogP contribution in [0.2, 0.25) is 0 Å². The Hall–Kier alpha value is -3.14. The first-order chi connectivity index (χ1) is 12.0. The van der Waals surface area contributed by atoms with E-state index in [9.17, 15) is 9.59 Å². The van der Waals surface area contributed by atoms with Gasteiger partial charge in [0.25, 0.3) is 0 Å². The topological polar surface area (TPSA) is 46.6 Å². The van der Waals surface area contributed by atoms with Gasteiger partial charge in [-0.15, -0.1) is 0 Å². The summed E-state index contributed by atoms with van der Waals surface area (Å²) in [6.45, 7) is 8.25. The summed E-state index contributed by atoms with van der Waals surface area (Å²) in [5.41, 5.74) is 2.54. The van der Waals surface area contributed by atoms with Crippen LogP contribution in [0.15, 0.2) is 67.5 Å². The number of likely N-dealkylation sites (N-methyl/N-ethyl adjacent to an activating group) is 1. The zero-order valence-electron chi connectivity index (χ0n) is 14.1. The molecule has 0 amide bonds. The molecule has 0 atom stereocenters. The van der Waals surface area contributed by atoms with Crippen molar-refractivity contribution in [2.45, 2.75) is 0 Å². The third-order valence-electron chi connectivity index (χ3n) is 4.28. The molecule has 0 fully saturated rings. The molecule has 0 bridgehead atoms. The van der Waals surface area contributed by atoms with Crippen LogP contribution in [0.1, 0.15) is 31.8 Å². The van der Waals surface area contributed by atoms with Gasteiger partial charge in [0, 0.05) is 29.4 Å². The summed E-state index contributed by atoms with van der Waals surface area (Å²) >= 11 is 0. The van der Waals surface area contributed by atoms with E-state index in [0.717, 1.165) is 5.69 Å². The van der Waals surface area contributed by atoms with E-state index in [0.29, 0.717) is 41.2 Å². The zero-order chi connectivity index (χ0) is 18.0. The number of anilines is 1. The van der Waals surface area contributed by atoms with Crippen LogP contribution in [0.4, 0.5) is 5.69 Å². The van der Waals surface area contributed by atoms with Crippen LogP contribution >= 0.6 is 0 Å². The number of ketones is 2. The lowest BCUT2D eigenvalue weighted by Crippen LogP contribution is -2.28. The first-order valence-electron chi connectivity index (χ1n) is 8.01. The number of carbonyl (C=O) groups excluding carboxylic acids is 2. The smallest absolute Gasteiger partial charge is 0.196 e. The number of rotatable bonds is 6. The van der Waals surface area contributed by atoms with Crippen molar-refractivity contribution in [2.75, 3.05) is 25.1 Å². The number of carbonyl (C=O) groups is 2. The number of hydrogen-bond donors (Lipinski definition) is 0. The Morgan fingerprint density at radius 3 is 2.36 bits per heavy atom. The predicted molar refractivity (Wildman–Crippen MR) is 98.3 cm³/mol. The summed E-state index contributed by atoms with van der Waals surface area (Å²) in [6, 6.07) is 12.3. The van der Waals surface area contributed by atoms with E-state index in [4.69, 9.17) is 4.74 Å². The van der Waals surface area contributed by atoms with E-state index in [1.807, 2.05) is 18.0 Å². The molecule has 0 spiro atoms. The van der Waals surface area contributed by atoms with E-state index >= 15 is 0 Å². The number of ether oxygens (including phenoxy) is 1. The SMILES string of the molecule is C=CC(=C)OCCN(C)c1cccc2c1C(=O)c1ccccc1C2=O. The highest BCUT2D eigenvalue weighted by Crippen LogP contribution is 2.33. The molecule has 25 heavy (non-hydrogen) atoms. The molecule has 2 aromatic carbocycles. The second-order valence-corrected chi connectivity index (χ2v) is 5.84. The molecule has 3 rings (SSSR count). The largest absolute Gasteiger partial charge is 0.492 e. The molecule has 0 unspecified atom stereocenters. The number of hydrogen-bond acceptors (Lipinski definition) is 4. The van der Waals surface area contributed by atoms with Gasteiger partial charge in [0.2, 0.25) is 0 Å². The van der Waals surface area contributed by atoms with Crippen molar-refractivity contribution in [2.24, 2.45) is 0 Å². The van der Waals surface area contributed by atoms with Crippen molar-refractivity contribution in [3.63, 3.8) is 0 Å². The van der Waals surface area contributed by atoms with Crippen LogP contribution in [0.3, 0.4) is 0 Å². The van der Waals surface area contributed by atoms with Crippen molar-refractivity contribution in [1.29, 1.82) is 0 Å². The third kappa shape index (κ3) is 2.98. The standard InChI is InChI=1S/C21H19NO3/c1-4-14(2)25-13-12-22(3)18-11-7-10-17-19(18)21(24)16-9-6-5-8-15(16)20(17)23/h4-11H,1-2,12-13H2,3H3. The first kappa shape index (κ1) is 16.7. The van der Waals surface area contributed by atoms with E-state index in [-0.39, 0.29) is 11.6 Å². The summed E-state index contributed by atoms with van der Waals surface area (Å²) in [5, 5.41) is 0. The monoisotopic (exact) mass is 333 g/mol. The van der Waals surface area contributed by atoms with Gasteiger partial charge >= 0.3 is 0 Å². The molecule has 126 valence electrons. The highest BCUT2D eigenvalue weighted by Gasteiger charge is 2.31. The Kier molecular flexibility index (Phi) is 4.52. The summed E-state index contributed by atoms with van der Waals surface area (Å²) in [7, 11) is 1.87. The Morgan fingerprint density at radius 1 is 1.04 bits per heavy atom. The molecule has 0 saturated heterocycles. The predicted octanol–water partition coefficient (Wildman–Crippen LogP) is 3.61. The Morgan fingerprint density at radius 2 is 1.68 bits per heavy atom. The molecule has 1 aliphatic carbocycles. The minimum Gasteiger partial charge on any atom is -0.492 e. The molecule has 4 heteroatoms. The normalized spacial score (nSPS) is 12.2. The summed E-state index contributed by atoms with van der Waals surface area (Å²) < 4.78 is 5.43. The maximum absolute atomic E-state index is 13.0. The highest BCUT2D eigenvalue weighted by atomic mass is 16.5. The molecule has 0 radical (unpaired) electrons. The Bertz CT molecular complexity index is 882. The maximum atomic E-state index is 13.0. The van der Waals surface area contributed by atoms with Crippen LogP contribution in [-0.4, -0.2) is 31.8 Å². The molecule has 0 N–H and O–H groups in total. The molecule has 2 aromatic rings. The van der Waals surface area contributed by atoms with Gasteiger partial charge in [-0.2, -0.15) is 0 Å². The van der Waals surface area contributed by atoms with Gasteiger partial charge in [0.15, 0.2) is 11.6 Å². The fourth-order valence-corrected chi connectivity index (χ4v) is 2.94. The second-order valence-electron chi connectivity index (χ2n) is 5.84. The minimum atomic E-state index is -0.121. The van der Waals surface area contributed by atoms with Crippen LogP contribution in [-0.2, 0) is 4.74 Å². The van der Waals surface area contributed by atoms with E-state index in [1.165, 1.54) is 0 Å². The first-order valence-corrected chi connectivity index (χ1v) is 8.01. The van der Waals surface area contributed by atoms with Crippen molar-refractivity contribution in [1.82, 2.24) is 0 Å². The fraction of sp³-hybridized carbons (Fsp3) is 0.143. The van der Waals surface area contributed by atoms with Gasteiger partial charge in [-0.25, -0.2) is 0 Å². The molecule has 0 aliphatic heterocycles. The quantitative estimate of drug-likeness (QED) is 0.511. The molecule has 0 aromatic heterocycles. The van der Waals surface area contributed by atoms with Crippen LogP contribution in [0, 0.1) is 0 Å². The third-order valence-corrected chi connectivity index (χ3v) is 4.28. The maximum Gasteiger partial charge on any atom is 0.196 e. The van der Waals surface area contributed by atoms with Crippen LogP contribution in [0.25, 0.3) is 0 Å². The fourth-order valence-electron chi connectivity index (χ4n) is 2.94. The van der Waals surface area contributed by atoms with E-state index in [1.54, 1.807) is 42.5 Å². The van der Waals surface area contributed by atoms with Gasteiger partial charge < -0.3 is 9.64 Å². The van der Waals surface area contributed by atoms with E-state index < -0.39 is 0 Å². The number of benzene rings is 2. The molecule has 0 saturated carbocycles. The highest BCUT2D eigenvalue weighted by molar-refractivity contribution is 6.30. The second kappa shape index (κ2) is 6.77. The average molecular weight is 333 g/mol. The Labute approximate surface area is 147 Å². The van der Waals surface area contributed by atoms with Crippen molar-refractivity contribution >= 4 is 17.3 Å².